The molecule has 108 valence electrons. The first-order valence-corrected chi connectivity index (χ1v) is 8.88. The molecule has 0 heterocycles. The molecular formula is C15H25O2PS. The van der Waals surface area contributed by atoms with Crippen LogP contribution in [0.4, 0.5) is 0 Å². The molecule has 0 spiro atoms. The molecular weight excluding hydrogens is 275 g/mol. The van der Waals surface area contributed by atoms with Crippen molar-refractivity contribution in [3.05, 3.63) is 30.3 Å². The zero-order valence-corrected chi connectivity index (χ0v) is 13.9. The number of benzene rings is 1. The number of rotatable bonds is 10. The molecule has 1 aromatic rings. The molecule has 0 amide bonds. The number of unbranched alkanes of at least 4 members (excludes halogenated alkanes) is 2. The molecule has 0 aromatic heterocycles. The maximum Gasteiger partial charge on any atom is 0.181 e. The smallest absolute Gasteiger partial charge is 0.181 e. The second-order valence-corrected chi connectivity index (χ2v) is 6.59. The number of hydrogen-bond donors (Lipinski definition) is 0. The van der Waals surface area contributed by atoms with Crippen molar-refractivity contribution < 1.29 is 9.09 Å². The van der Waals surface area contributed by atoms with Gasteiger partial charge in [-0.25, -0.2) is 0 Å². The maximum atomic E-state index is 11.1. The van der Waals surface area contributed by atoms with E-state index in [-0.39, 0.29) is 4.93 Å². The third-order valence-corrected chi connectivity index (χ3v) is 5.20. The highest BCUT2D eigenvalue weighted by atomic mass is 32.2. The van der Waals surface area contributed by atoms with Gasteiger partial charge in [-0.15, -0.1) is 0 Å². The highest BCUT2D eigenvalue weighted by molar-refractivity contribution is 8.00. The topological polar surface area (TPSA) is 26.3 Å². The molecule has 2 unspecified atom stereocenters. The summed E-state index contributed by atoms with van der Waals surface area (Å²) in [7, 11) is -1.16. The molecule has 1 rings (SSSR count). The molecule has 0 aliphatic heterocycles. The highest BCUT2D eigenvalue weighted by Crippen LogP contribution is 2.43. The Morgan fingerprint density at radius 1 is 1.11 bits per heavy atom. The van der Waals surface area contributed by atoms with Crippen LogP contribution in [-0.2, 0) is 9.09 Å². The predicted octanol–water partition coefficient (Wildman–Crippen LogP) is 5.54. The molecule has 0 radical (unpaired) electrons. The number of thioether (sulfide) groups is 1. The van der Waals surface area contributed by atoms with Crippen molar-refractivity contribution in [2.75, 3.05) is 0 Å². The predicted molar refractivity (Wildman–Crippen MR) is 85.6 cm³/mol. The van der Waals surface area contributed by atoms with Gasteiger partial charge in [0.05, 0.1) is 0 Å². The Hall–Kier alpha value is -0.240. The summed E-state index contributed by atoms with van der Waals surface area (Å²) < 4.78 is 16.8. The molecule has 0 bridgehead atoms. The summed E-state index contributed by atoms with van der Waals surface area (Å²) in [5.74, 6) is 0. The van der Waals surface area contributed by atoms with Gasteiger partial charge in [0.1, 0.15) is 4.93 Å². The Balaban J connectivity index is 2.78. The van der Waals surface area contributed by atoms with Crippen molar-refractivity contribution in [1.29, 1.82) is 0 Å². The lowest BCUT2D eigenvalue weighted by Crippen LogP contribution is -2.25. The van der Waals surface area contributed by atoms with Crippen molar-refractivity contribution >= 4 is 20.4 Å². The maximum absolute atomic E-state index is 11.1. The minimum atomic E-state index is -1.16. The van der Waals surface area contributed by atoms with Gasteiger partial charge in [0.2, 0.25) is 0 Å². The van der Waals surface area contributed by atoms with E-state index in [4.69, 9.17) is 4.52 Å². The van der Waals surface area contributed by atoms with Gasteiger partial charge in [-0.3, -0.25) is 4.57 Å². The Bertz CT molecular complexity index is 358. The minimum absolute atomic E-state index is 0.303. The Morgan fingerprint density at radius 2 is 1.84 bits per heavy atom. The summed E-state index contributed by atoms with van der Waals surface area (Å²) in [4.78, 5) is 0.892. The fourth-order valence-electron chi connectivity index (χ4n) is 2.19. The van der Waals surface area contributed by atoms with Gasteiger partial charge in [-0.05, 0) is 31.4 Å². The summed E-state index contributed by atoms with van der Waals surface area (Å²) in [6.07, 6.45) is 6.51. The lowest BCUT2D eigenvalue weighted by molar-refractivity contribution is 0.158. The molecule has 4 heteroatoms. The van der Waals surface area contributed by atoms with Gasteiger partial charge in [0.25, 0.3) is 0 Å². The van der Waals surface area contributed by atoms with E-state index < -0.39 is 8.69 Å². The summed E-state index contributed by atoms with van der Waals surface area (Å²) >= 11 is 1.73. The van der Waals surface area contributed by atoms with Crippen LogP contribution in [0.5, 0.6) is 0 Å². The summed E-state index contributed by atoms with van der Waals surface area (Å²) in [5, 5.41) is 0. The van der Waals surface area contributed by atoms with Crippen LogP contribution in [0.15, 0.2) is 35.2 Å². The molecule has 2 atom stereocenters. The molecule has 0 saturated carbocycles. The first-order chi connectivity index (χ1) is 9.26. The normalized spacial score (nSPS) is 14.8. The average Bonchev–Trinajstić information content (AvgIpc) is 2.41. The lowest BCUT2D eigenvalue weighted by Gasteiger charge is -2.31. The summed E-state index contributed by atoms with van der Waals surface area (Å²) in [5.41, 5.74) is 0. The fraction of sp³-hybridized carbons (Fsp3) is 0.600. The zero-order chi connectivity index (χ0) is 14.0. The van der Waals surface area contributed by atoms with Crippen molar-refractivity contribution in [3.8, 4) is 0 Å². The largest absolute Gasteiger partial charge is 0.314 e. The second-order valence-electron chi connectivity index (χ2n) is 4.75. The summed E-state index contributed by atoms with van der Waals surface area (Å²) in [6, 6.07) is 10.3. The van der Waals surface area contributed by atoms with Crippen LogP contribution in [0, 0.1) is 0 Å². The van der Waals surface area contributed by atoms with Crippen LogP contribution in [0.3, 0.4) is 0 Å². The van der Waals surface area contributed by atoms with Crippen LogP contribution >= 0.6 is 20.4 Å². The fourth-order valence-corrected chi connectivity index (χ4v) is 4.18. The molecule has 0 N–H and O–H groups in total. The van der Waals surface area contributed by atoms with E-state index in [1.165, 1.54) is 17.7 Å². The monoisotopic (exact) mass is 300 g/mol. The molecule has 0 saturated heterocycles. The minimum Gasteiger partial charge on any atom is -0.314 e. The molecule has 1 aromatic carbocycles. The Kier molecular flexibility index (Phi) is 8.52. The van der Waals surface area contributed by atoms with Gasteiger partial charge < -0.3 is 4.52 Å². The van der Waals surface area contributed by atoms with E-state index in [1.807, 2.05) is 18.2 Å². The first kappa shape index (κ1) is 16.8. The number of hydrogen-bond acceptors (Lipinski definition) is 3. The van der Waals surface area contributed by atoms with Gasteiger partial charge in [0, 0.05) is 4.90 Å². The van der Waals surface area contributed by atoms with Gasteiger partial charge in [-0.1, -0.05) is 63.1 Å². The van der Waals surface area contributed by atoms with Gasteiger partial charge >= 0.3 is 0 Å². The molecule has 0 aliphatic carbocycles. The van der Waals surface area contributed by atoms with Crippen LogP contribution in [0.25, 0.3) is 0 Å². The Labute approximate surface area is 122 Å². The van der Waals surface area contributed by atoms with Crippen molar-refractivity contribution in [1.82, 2.24) is 0 Å². The highest BCUT2D eigenvalue weighted by Gasteiger charge is 2.30. The third kappa shape index (κ3) is 6.16. The van der Waals surface area contributed by atoms with E-state index in [2.05, 4.69) is 26.0 Å². The van der Waals surface area contributed by atoms with Crippen molar-refractivity contribution in [2.45, 2.75) is 62.2 Å². The van der Waals surface area contributed by atoms with E-state index in [0.29, 0.717) is 0 Å². The molecule has 2 nitrogen and oxygen atoms in total. The second kappa shape index (κ2) is 9.63. The Morgan fingerprint density at radius 3 is 2.42 bits per heavy atom. The zero-order valence-electron chi connectivity index (χ0n) is 11.9. The average molecular weight is 300 g/mol. The summed E-state index contributed by atoms with van der Waals surface area (Å²) in [6.45, 7) is 4.36. The van der Waals surface area contributed by atoms with Crippen LogP contribution < -0.4 is 0 Å². The standard InChI is InChI=1S/C15H25O2PS/c1-3-5-9-13-15(12-4-2,17-18-16)19-14-10-7-6-8-11-14/h6-8,10-11H,3-5,9,12-13,18H2,1-2H3. The molecule has 0 fully saturated rings. The van der Waals surface area contributed by atoms with E-state index in [9.17, 15) is 4.57 Å². The van der Waals surface area contributed by atoms with Crippen molar-refractivity contribution in [2.24, 2.45) is 0 Å². The van der Waals surface area contributed by atoms with Gasteiger partial charge in [-0.2, -0.15) is 0 Å². The quantitative estimate of drug-likeness (QED) is 0.245. The van der Waals surface area contributed by atoms with Crippen LogP contribution in [0.2, 0.25) is 0 Å². The first-order valence-electron chi connectivity index (χ1n) is 7.12. The van der Waals surface area contributed by atoms with E-state index in [1.54, 1.807) is 11.8 Å². The lowest BCUT2D eigenvalue weighted by atomic mass is 10.1. The third-order valence-electron chi connectivity index (χ3n) is 3.10. The van der Waals surface area contributed by atoms with E-state index in [0.717, 1.165) is 25.7 Å². The SMILES string of the molecule is CCCCCC(CCC)(O[PH2]=O)Sc1ccccc1. The van der Waals surface area contributed by atoms with Crippen molar-refractivity contribution in [3.63, 3.8) is 0 Å². The van der Waals surface area contributed by atoms with Crippen LogP contribution in [0.1, 0.15) is 52.4 Å². The molecule has 0 aliphatic rings. The van der Waals surface area contributed by atoms with E-state index >= 15 is 0 Å². The van der Waals surface area contributed by atoms with Gasteiger partial charge in [0.15, 0.2) is 8.69 Å². The molecule has 19 heavy (non-hydrogen) atoms. The van der Waals surface area contributed by atoms with Crippen LogP contribution in [-0.4, -0.2) is 4.93 Å².